The van der Waals surface area contributed by atoms with E-state index in [1.54, 1.807) is 11.3 Å². The maximum absolute atomic E-state index is 10.9. The van der Waals surface area contributed by atoms with E-state index in [1.165, 1.54) is 0 Å². The van der Waals surface area contributed by atoms with E-state index in [9.17, 15) is 4.79 Å². The van der Waals surface area contributed by atoms with Crippen LogP contribution in [0.15, 0.2) is 17.5 Å². The van der Waals surface area contributed by atoms with E-state index in [-0.39, 0.29) is 6.09 Å². The highest BCUT2D eigenvalue weighted by atomic mass is 32.1. The quantitative estimate of drug-likeness (QED) is 0.733. The normalized spacial score (nSPS) is 27.0. The number of rotatable bonds is 2. The van der Waals surface area contributed by atoms with Gasteiger partial charge in [-0.15, -0.1) is 11.3 Å². The lowest BCUT2D eigenvalue weighted by Crippen LogP contribution is -2.37. The minimum atomic E-state index is -0.634. The Morgan fingerprint density at radius 3 is 3.08 bits per heavy atom. The fourth-order valence-electron chi connectivity index (χ4n) is 1.35. The summed E-state index contributed by atoms with van der Waals surface area (Å²) in [6, 6.07) is 3.85. The van der Waals surface area contributed by atoms with Crippen LogP contribution < -0.4 is 11.1 Å². The fourth-order valence-corrected chi connectivity index (χ4v) is 2.23. The molecule has 5 heteroatoms. The standard InChI is InChI=1S/C8H10N2O2S/c9-4-8(5-10-7(11)12-8)6-2-1-3-13-6/h1-3H,4-5,9H2,(H,10,11). The first-order valence-electron chi connectivity index (χ1n) is 3.98. The summed E-state index contributed by atoms with van der Waals surface area (Å²) >= 11 is 1.55. The number of alkyl carbamates (subject to hydrolysis) is 1. The number of hydrogen-bond acceptors (Lipinski definition) is 4. The van der Waals surface area contributed by atoms with Gasteiger partial charge in [0.25, 0.3) is 0 Å². The van der Waals surface area contributed by atoms with E-state index in [4.69, 9.17) is 10.5 Å². The second-order valence-corrected chi connectivity index (χ2v) is 3.87. The molecular formula is C8H10N2O2S. The molecule has 1 aromatic heterocycles. The van der Waals surface area contributed by atoms with Crippen LogP contribution in [-0.2, 0) is 10.3 Å². The highest BCUT2D eigenvalue weighted by molar-refractivity contribution is 7.10. The molecule has 0 radical (unpaired) electrons. The first kappa shape index (κ1) is 8.52. The van der Waals surface area contributed by atoms with Gasteiger partial charge < -0.3 is 15.8 Å². The number of hydrogen-bond donors (Lipinski definition) is 2. The second-order valence-electron chi connectivity index (χ2n) is 2.92. The monoisotopic (exact) mass is 198 g/mol. The van der Waals surface area contributed by atoms with Gasteiger partial charge in [-0.2, -0.15) is 0 Å². The molecule has 3 N–H and O–H groups in total. The van der Waals surface area contributed by atoms with Gasteiger partial charge in [-0.25, -0.2) is 4.79 Å². The summed E-state index contributed by atoms with van der Waals surface area (Å²) in [4.78, 5) is 11.9. The molecule has 1 saturated heterocycles. The van der Waals surface area contributed by atoms with Crippen LogP contribution in [0.3, 0.4) is 0 Å². The lowest BCUT2D eigenvalue weighted by molar-refractivity contribution is 0.0646. The van der Waals surface area contributed by atoms with E-state index in [0.29, 0.717) is 13.1 Å². The van der Waals surface area contributed by atoms with Crippen molar-refractivity contribution in [2.45, 2.75) is 5.60 Å². The van der Waals surface area contributed by atoms with Crippen LogP contribution in [0.2, 0.25) is 0 Å². The van der Waals surface area contributed by atoms with Crippen molar-refractivity contribution < 1.29 is 9.53 Å². The molecule has 70 valence electrons. The first-order valence-corrected chi connectivity index (χ1v) is 4.86. The SMILES string of the molecule is NCC1(c2cccs2)CNC(=O)O1. The minimum Gasteiger partial charge on any atom is -0.434 e. The van der Waals surface area contributed by atoms with Crippen LogP contribution in [0.25, 0.3) is 0 Å². The largest absolute Gasteiger partial charge is 0.434 e. The maximum Gasteiger partial charge on any atom is 0.408 e. The summed E-state index contributed by atoms with van der Waals surface area (Å²) in [5, 5.41) is 4.56. The predicted molar refractivity (Wildman–Crippen MR) is 49.5 cm³/mol. The van der Waals surface area contributed by atoms with Crippen LogP contribution >= 0.6 is 11.3 Å². The van der Waals surface area contributed by atoms with E-state index in [1.807, 2.05) is 17.5 Å². The number of carbonyl (C=O) groups is 1. The summed E-state index contributed by atoms with van der Waals surface area (Å²) in [5.41, 5.74) is 4.98. The third-order valence-electron chi connectivity index (χ3n) is 2.11. The number of nitrogens with one attached hydrogen (secondary N) is 1. The lowest BCUT2D eigenvalue weighted by Gasteiger charge is -2.22. The Balaban J connectivity index is 2.31. The third-order valence-corrected chi connectivity index (χ3v) is 3.16. The third kappa shape index (κ3) is 1.30. The summed E-state index contributed by atoms with van der Waals surface area (Å²) in [6.07, 6.45) is -0.390. The Morgan fingerprint density at radius 1 is 1.77 bits per heavy atom. The minimum absolute atomic E-state index is 0.312. The summed E-state index contributed by atoms with van der Waals surface area (Å²) in [5.74, 6) is 0. The number of cyclic esters (lactones) is 1. The summed E-state index contributed by atoms with van der Waals surface area (Å²) in [6.45, 7) is 0.773. The number of thiophene rings is 1. The number of ether oxygens (including phenoxy) is 1. The number of amides is 1. The van der Waals surface area contributed by atoms with E-state index >= 15 is 0 Å². The molecule has 4 nitrogen and oxygen atoms in total. The van der Waals surface area contributed by atoms with Crippen molar-refractivity contribution in [3.63, 3.8) is 0 Å². The molecule has 1 aliphatic rings. The van der Waals surface area contributed by atoms with E-state index in [0.717, 1.165) is 4.88 Å². The summed E-state index contributed by atoms with van der Waals surface area (Å²) in [7, 11) is 0. The highest BCUT2D eigenvalue weighted by Crippen LogP contribution is 2.31. The second kappa shape index (κ2) is 3.01. The average Bonchev–Trinajstić information content (AvgIpc) is 2.73. The predicted octanol–water partition coefficient (Wildman–Crippen LogP) is 0.642. The van der Waals surface area contributed by atoms with E-state index in [2.05, 4.69) is 5.32 Å². The Morgan fingerprint density at radius 2 is 2.62 bits per heavy atom. The topological polar surface area (TPSA) is 64.3 Å². The molecular weight excluding hydrogens is 188 g/mol. The zero-order chi connectivity index (χ0) is 9.31. The Kier molecular flexibility index (Phi) is 1.97. The molecule has 0 aromatic carbocycles. The van der Waals surface area contributed by atoms with Crippen molar-refractivity contribution in [1.29, 1.82) is 0 Å². The van der Waals surface area contributed by atoms with Gasteiger partial charge in [0.1, 0.15) is 0 Å². The van der Waals surface area contributed by atoms with Gasteiger partial charge >= 0.3 is 6.09 Å². The van der Waals surface area contributed by atoms with Gasteiger partial charge in [0.15, 0.2) is 5.60 Å². The van der Waals surface area contributed by atoms with Crippen molar-refractivity contribution >= 4 is 17.4 Å². The van der Waals surface area contributed by atoms with E-state index < -0.39 is 5.60 Å². The lowest BCUT2D eigenvalue weighted by atomic mass is 10.0. The zero-order valence-electron chi connectivity index (χ0n) is 6.95. The molecule has 1 aliphatic heterocycles. The molecule has 0 spiro atoms. The van der Waals surface area contributed by atoms with Gasteiger partial charge in [-0.1, -0.05) is 6.07 Å². The molecule has 2 rings (SSSR count). The van der Waals surface area contributed by atoms with Crippen LogP contribution in [-0.4, -0.2) is 19.2 Å². The molecule has 13 heavy (non-hydrogen) atoms. The highest BCUT2D eigenvalue weighted by Gasteiger charge is 2.41. The Bertz CT molecular complexity index is 312. The smallest absolute Gasteiger partial charge is 0.408 e. The van der Waals surface area contributed by atoms with Gasteiger partial charge in [0.05, 0.1) is 11.4 Å². The zero-order valence-corrected chi connectivity index (χ0v) is 7.76. The molecule has 0 saturated carbocycles. The van der Waals surface area contributed by atoms with Crippen LogP contribution in [0.1, 0.15) is 4.88 Å². The van der Waals surface area contributed by atoms with Gasteiger partial charge in [0.2, 0.25) is 0 Å². The molecule has 1 aromatic rings. The average molecular weight is 198 g/mol. The van der Waals surface area contributed by atoms with Crippen molar-refractivity contribution in [1.82, 2.24) is 5.32 Å². The Hall–Kier alpha value is -1.07. The van der Waals surface area contributed by atoms with Crippen molar-refractivity contribution in [3.05, 3.63) is 22.4 Å². The molecule has 0 aliphatic carbocycles. The van der Waals surface area contributed by atoms with Crippen LogP contribution in [0.4, 0.5) is 4.79 Å². The molecule has 0 bridgehead atoms. The van der Waals surface area contributed by atoms with Gasteiger partial charge in [-0.3, -0.25) is 0 Å². The maximum atomic E-state index is 10.9. The van der Waals surface area contributed by atoms with Crippen molar-refractivity contribution in [2.24, 2.45) is 5.73 Å². The van der Waals surface area contributed by atoms with Crippen molar-refractivity contribution in [3.8, 4) is 0 Å². The van der Waals surface area contributed by atoms with Crippen LogP contribution in [0, 0.1) is 0 Å². The molecule has 2 heterocycles. The molecule has 1 amide bonds. The first-order chi connectivity index (χ1) is 6.27. The van der Waals surface area contributed by atoms with Gasteiger partial charge in [0, 0.05) is 6.54 Å². The molecule has 1 fully saturated rings. The number of nitrogens with two attached hydrogens (primary N) is 1. The van der Waals surface area contributed by atoms with Gasteiger partial charge in [-0.05, 0) is 11.4 Å². The molecule has 1 unspecified atom stereocenters. The number of carbonyl (C=O) groups excluding carboxylic acids is 1. The van der Waals surface area contributed by atoms with Crippen molar-refractivity contribution in [2.75, 3.05) is 13.1 Å². The summed E-state index contributed by atoms with van der Waals surface area (Å²) < 4.78 is 5.18. The fraction of sp³-hybridized carbons (Fsp3) is 0.375. The van der Waals surface area contributed by atoms with Crippen LogP contribution in [0.5, 0.6) is 0 Å². The Labute approximate surface area is 79.7 Å². The molecule has 1 atom stereocenters.